The number of anilines is 2. The van der Waals surface area contributed by atoms with E-state index in [4.69, 9.17) is 4.42 Å². The summed E-state index contributed by atoms with van der Waals surface area (Å²) < 4.78 is 5.39. The van der Waals surface area contributed by atoms with Gasteiger partial charge in [-0.05, 0) is 79.3 Å². The lowest BCUT2D eigenvalue weighted by molar-refractivity contribution is -0.116. The number of nitrogens with one attached hydrogen (secondary N) is 3. The fourth-order valence-electron chi connectivity index (χ4n) is 5.29. The summed E-state index contributed by atoms with van der Waals surface area (Å²) in [6.07, 6.45) is 6.85. The van der Waals surface area contributed by atoms with Gasteiger partial charge in [0.25, 0.3) is 11.8 Å². The van der Waals surface area contributed by atoms with Crippen molar-refractivity contribution in [1.82, 2.24) is 5.32 Å². The summed E-state index contributed by atoms with van der Waals surface area (Å²) in [6.45, 7) is 0. The number of hydrogen-bond donors (Lipinski definition) is 3. The Balaban J connectivity index is 1.22. The molecule has 3 amide bonds. The monoisotopic (exact) mass is 658 g/mol. The minimum atomic E-state index is -0.632. The van der Waals surface area contributed by atoms with Crippen molar-refractivity contribution in [3.05, 3.63) is 142 Å². The van der Waals surface area contributed by atoms with Crippen LogP contribution >= 0.6 is 23.1 Å². The molecular weight excluding hydrogens is 629 g/mol. The number of nitrogens with zero attached hydrogens (tertiary/aromatic N) is 1. The van der Waals surface area contributed by atoms with Crippen LogP contribution in [-0.4, -0.2) is 17.7 Å². The maximum Gasteiger partial charge on any atom is 0.272 e. The zero-order chi connectivity index (χ0) is 32.6. The van der Waals surface area contributed by atoms with Gasteiger partial charge in [-0.3, -0.25) is 14.4 Å². The zero-order valence-corrected chi connectivity index (χ0v) is 26.8. The third kappa shape index (κ3) is 7.72. The molecule has 10 heteroatoms. The molecule has 3 aromatic carbocycles. The van der Waals surface area contributed by atoms with Gasteiger partial charge in [0.05, 0.1) is 11.8 Å². The first-order valence-electron chi connectivity index (χ1n) is 15.1. The summed E-state index contributed by atoms with van der Waals surface area (Å²) in [4.78, 5) is 42.2. The second kappa shape index (κ2) is 14.8. The van der Waals surface area contributed by atoms with Gasteiger partial charge in [0.2, 0.25) is 5.91 Å². The second-order valence-corrected chi connectivity index (χ2v) is 13.1. The fraction of sp³-hybridized carbons (Fsp3) is 0.135. The topological polar surface area (TPSA) is 124 Å². The predicted molar refractivity (Wildman–Crippen MR) is 185 cm³/mol. The molecule has 2 heterocycles. The van der Waals surface area contributed by atoms with Crippen LogP contribution in [0.15, 0.2) is 118 Å². The molecule has 234 valence electrons. The van der Waals surface area contributed by atoms with Crippen molar-refractivity contribution in [2.45, 2.75) is 35.8 Å². The van der Waals surface area contributed by atoms with Crippen LogP contribution in [0.5, 0.6) is 0 Å². The Morgan fingerprint density at radius 1 is 0.894 bits per heavy atom. The van der Waals surface area contributed by atoms with Gasteiger partial charge in [0, 0.05) is 27.1 Å². The Labute approximate surface area is 280 Å². The third-order valence-corrected chi connectivity index (χ3v) is 10.0. The van der Waals surface area contributed by atoms with E-state index >= 15 is 0 Å². The van der Waals surface area contributed by atoms with Gasteiger partial charge >= 0.3 is 0 Å². The number of amides is 3. The molecule has 6 rings (SSSR count). The number of fused-ring (bicyclic) bond motifs is 1. The van der Waals surface area contributed by atoms with E-state index in [0.717, 1.165) is 41.7 Å². The average Bonchev–Trinajstić information content (AvgIpc) is 3.75. The Bertz CT molecular complexity index is 1960. The molecule has 1 aliphatic carbocycles. The molecule has 1 unspecified atom stereocenters. The fourth-order valence-corrected chi connectivity index (χ4v) is 7.62. The smallest absolute Gasteiger partial charge is 0.272 e. The van der Waals surface area contributed by atoms with Crippen LogP contribution in [0.25, 0.3) is 6.08 Å². The van der Waals surface area contributed by atoms with Crippen LogP contribution in [-0.2, 0) is 22.4 Å². The summed E-state index contributed by atoms with van der Waals surface area (Å²) in [6, 6.07) is 30.9. The van der Waals surface area contributed by atoms with Gasteiger partial charge in [-0.15, -0.1) is 23.1 Å². The molecule has 0 bridgehead atoms. The highest BCUT2D eigenvalue weighted by molar-refractivity contribution is 8.00. The SMILES string of the molecule is N#Cc1c(NC(=O)C(Sc2cccc(NC(=O)/C(=C/c3ccco3)NC(=O)c3ccccc3)c2)c2ccccc2)sc2c1CCCC2. The van der Waals surface area contributed by atoms with Crippen LogP contribution in [0.3, 0.4) is 0 Å². The van der Waals surface area contributed by atoms with Gasteiger partial charge in [-0.1, -0.05) is 54.6 Å². The van der Waals surface area contributed by atoms with E-state index in [1.54, 1.807) is 60.7 Å². The van der Waals surface area contributed by atoms with E-state index in [1.165, 1.54) is 40.3 Å². The van der Waals surface area contributed by atoms with Crippen molar-refractivity contribution < 1.29 is 18.8 Å². The molecule has 3 N–H and O–H groups in total. The number of aryl methyl sites for hydroxylation is 1. The van der Waals surface area contributed by atoms with E-state index in [-0.39, 0.29) is 11.6 Å². The highest BCUT2D eigenvalue weighted by Gasteiger charge is 2.27. The molecule has 1 atom stereocenters. The average molecular weight is 659 g/mol. The number of carbonyl (C=O) groups is 3. The Morgan fingerprint density at radius 2 is 1.66 bits per heavy atom. The molecule has 5 aromatic rings. The highest BCUT2D eigenvalue weighted by atomic mass is 32.2. The summed E-state index contributed by atoms with van der Waals surface area (Å²) in [5, 5.41) is 18.5. The molecule has 0 saturated carbocycles. The minimum absolute atomic E-state index is 0.000316. The van der Waals surface area contributed by atoms with Crippen LogP contribution in [0.2, 0.25) is 0 Å². The third-order valence-electron chi connectivity index (χ3n) is 7.56. The number of benzene rings is 3. The van der Waals surface area contributed by atoms with E-state index in [9.17, 15) is 19.6 Å². The van der Waals surface area contributed by atoms with Crippen molar-refractivity contribution in [2.75, 3.05) is 10.6 Å². The number of thioether (sulfide) groups is 1. The van der Waals surface area contributed by atoms with Crippen molar-refractivity contribution >= 4 is 57.6 Å². The number of furan rings is 1. The first kappa shape index (κ1) is 31.6. The molecule has 0 radical (unpaired) electrons. The van der Waals surface area contributed by atoms with Crippen LogP contribution in [0.1, 0.15) is 55.8 Å². The lowest BCUT2D eigenvalue weighted by Gasteiger charge is -2.17. The van der Waals surface area contributed by atoms with Crippen LogP contribution in [0.4, 0.5) is 10.7 Å². The molecule has 0 spiro atoms. The maximum absolute atomic E-state index is 13.9. The number of nitriles is 1. The number of thiophene rings is 1. The molecule has 0 fully saturated rings. The molecule has 8 nitrogen and oxygen atoms in total. The molecule has 0 aliphatic heterocycles. The summed E-state index contributed by atoms with van der Waals surface area (Å²) in [7, 11) is 0. The minimum Gasteiger partial charge on any atom is -0.465 e. The number of rotatable bonds is 10. The van der Waals surface area contributed by atoms with Crippen molar-refractivity contribution in [1.29, 1.82) is 5.26 Å². The zero-order valence-electron chi connectivity index (χ0n) is 25.2. The van der Waals surface area contributed by atoms with Crippen molar-refractivity contribution in [3.8, 4) is 6.07 Å². The molecule has 0 saturated heterocycles. The molecule has 1 aliphatic rings. The molecular formula is C37H30N4O4S2. The highest BCUT2D eigenvalue weighted by Crippen LogP contribution is 2.41. The predicted octanol–water partition coefficient (Wildman–Crippen LogP) is 7.97. The van der Waals surface area contributed by atoms with Gasteiger partial charge in [0.15, 0.2) is 0 Å². The van der Waals surface area contributed by atoms with E-state index in [1.807, 2.05) is 36.4 Å². The number of hydrogen-bond acceptors (Lipinski definition) is 7. The van der Waals surface area contributed by atoms with E-state index < -0.39 is 17.1 Å². The number of carbonyl (C=O) groups excluding carboxylic acids is 3. The lowest BCUT2D eigenvalue weighted by atomic mass is 9.96. The first-order chi connectivity index (χ1) is 23.0. The van der Waals surface area contributed by atoms with E-state index in [2.05, 4.69) is 22.0 Å². The normalized spacial score (nSPS) is 13.1. The van der Waals surface area contributed by atoms with Gasteiger partial charge in [0.1, 0.15) is 27.8 Å². The maximum atomic E-state index is 13.9. The van der Waals surface area contributed by atoms with Crippen LogP contribution in [0, 0.1) is 11.3 Å². The Hall–Kier alpha value is -5.37. The first-order valence-corrected chi connectivity index (χ1v) is 16.8. The van der Waals surface area contributed by atoms with Gasteiger partial charge in [-0.25, -0.2) is 0 Å². The largest absolute Gasteiger partial charge is 0.465 e. The lowest BCUT2D eigenvalue weighted by Crippen LogP contribution is -2.30. The summed E-state index contributed by atoms with van der Waals surface area (Å²) >= 11 is 2.83. The quantitative estimate of drug-likeness (QED) is 0.103. The molecule has 2 aromatic heterocycles. The van der Waals surface area contributed by atoms with Crippen molar-refractivity contribution in [2.24, 2.45) is 0 Å². The molecule has 47 heavy (non-hydrogen) atoms. The standard InChI is InChI=1S/C37H30N4O4S2/c38-23-30-29-18-7-8-19-32(29)47-37(30)41-36(44)33(24-11-3-1-4-12-24)46-28-17-9-15-26(21-28)39-35(43)31(22-27-16-10-20-45-27)40-34(42)25-13-5-2-6-14-25/h1-6,9-17,20-22,33H,7-8,18-19H2,(H,39,43)(H,40,42)(H,41,44)/b31-22-. The second-order valence-electron chi connectivity index (χ2n) is 10.8. The van der Waals surface area contributed by atoms with Crippen LogP contribution < -0.4 is 16.0 Å². The Morgan fingerprint density at radius 3 is 2.40 bits per heavy atom. The summed E-state index contributed by atoms with van der Waals surface area (Å²) in [5.41, 5.74) is 3.31. The Kier molecular flexibility index (Phi) is 9.96. The van der Waals surface area contributed by atoms with Gasteiger partial charge in [-0.2, -0.15) is 5.26 Å². The van der Waals surface area contributed by atoms with Crippen molar-refractivity contribution in [3.63, 3.8) is 0 Å². The van der Waals surface area contributed by atoms with Gasteiger partial charge < -0.3 is 20.4 Å². The van der Waals surface area contributed by atoms with E-state index in [0.29, 0.717) is 27.6 Å². The summed E-state index contributed by atoms with van der Waals surface area (Å²) in [5.74, 6) is -0.824.